The largest absolute Gasteiger partial charge is 0.510 e. The fourth-order valence-electron chi connectivity index (χ4n) is 7.34. The average molecular weight is 583 g/mol. The Morgan fingerprint density at radius 2 is 1.60 bits per heavy atom. The minimum absolute atomic E-state index is 0.00905. The summed E-state index contributed by atoms with van der Waals surface area (Å²) in [7, 11) is 3.17. The van der Waals surface area contributed by atoms with Crippen molar-refractivity contribution < 1.29 is 39.6 Å². The predicted octanol–water partition coefficient (Wildman–Crippen LogP) is 3.14. The highest BCUT2D eigenvalue weighted by Crippen LogP contribution is 2.53. The molecule has 1 amide bonds. The molecular weight excluding hydrogens is 552 g/mol. The first kappa shape index (κ1) is 28.3. The molecule has 10 nitrogen and oxygen atoms in total. The molecule has 43 heavy (non-hydrogen) atoms. The molecule has 220 valence electrons. The number of allylic oxidation sites excluding steroid dienone is 1. The van der Waals surface area contributed by atoms with Crippen LogP contribution < -0.4 is 5.73 Å². The summed E-state index contributed by atoms with van der Waals surface area (Å²) < 4.78 is 0. The highest BCUT2D eigenvalue weighted by atomic mass is 16.3. The van der Waals surface area contributed by atoms with Gasteiger partial charge in [-0.3, -0.25) is 24.1 Å². The fourth-order valence-corrected chi connectivity index (χ4v) is 7.34. The fraction of sp³-hybridized carbons (Fsp3) is 0.273. The molecule has 10 heteroatoms. The number of ketones is 3. The van der Waals surface area contributed by atoms with Gasteiger partial charge in [0.15, 0.2) is 17.2 Å². The van der Waals surface area contributed by atoms with E-state index in [1.54, 1.807) is 32.3 Å². The Hall–Kier alpha value is -4.80. The summed E-state index contributed by atoms with van der Waals surface area (Å²) in [6.45, 7) is 1.49. The number of amides is 1. The second-order valence-electron chi connectivity index (χ2n) is 11.7. The second kappa shape index (κ2) is 9.62. The van der Waals surface area contributed by atoms with Crippen molar-refractivity contribution in [2.24, 2.45) is 17.6 Å². The molecule has 0 fully saturated rings. The highest BCUT2D eigenvalue weighted by Gasteiger charge is 2.63. The van der Waals surface area contributed by atoms with Crippen LogP contribution in [0.5, 0.6) is 5.75 Å². The predicted molar refractivity (Wildman–Crippen MR) is 157 cm³/mol. The summed E-state index contributed by atoms with van der Waals surface area (Å²) in [6, 6.07) is 12.9. The number of aliphatic hydroxyl groups excluding tert-OH is 2. The number of carbonyl (C=O) groups excluding carboxylic acids is 4. The molecule has 0 aliphatic heterocycles. The maximum atomic E-state index is 14.1. The number of phenols is 1. The van der Waals surface area contributed by atoms with Gasteiger partial charge in [0.25, 0.3) is 5.91 Å². The number of hydrogen-bond acceptors (Lipinski definition) is 9. The zero-order valence-electron chi connectivity index (χ0n) is 23.7. The topological polar surface area (TPSA) is 178 Å². The van der Waals surface area contributed by atoms with Gasteiger partial charge in [0.2, 0.25) is 5.78 Å². The van der Waals surface area contributed by atoms with Crippen molar-refractivity contribution in [2.75, 3.05) is 14.1 Å². The van der Waals surface area contributed by atoms with Gasteiger partial charge in [-0.2, -0.15) is 0 Å². The van der Waals surface area contributed by atoms with Gasteiger partial charge in [0.1, 0.15) is 22.8 Å². The van der Waals surface area contributed by atoms with Crippen molar-refractivity contribution in [1.82, 2.24) is 4.90 Å². The SMILES string of the molecule is CC(=O)c1ccc(-c2ccc(O)c3c2C[C@H]2C[C@H]4[C@H](N(C)C)C(O)=C(C(N)=O)C(=O)[C@@]4(O)C(O)=C2C3=O)c2ccccc12. The van der Waals surface area contributed by atoms with E-state index in [-0.39, 0.29) is 35.5 Å². The normalized spacial score (nSPS) is 25.1. The van der Waals surface area contributed by atoms with E-state index in [0.717, 1.165) is 16.3 Å². The number of phenolic OH excluding ortho intramolecular Hbond substituents is 1. The summed E-state index contributed by atoms with van der Waals surface area (Å²) in [4.78, 5) is 53.6. The summed E-state index contributed by atoms with van der Waals surface area (Å²) in [5.41, 5.74) is 4.00. The van der Waals surface area contributed by atoms with Gasteiger partial charge in [0, 0.05) is 17.1 Å². The molecule has 0 heterocycles. The van der Waals surface area contributed by atoms with Crippen molar-refractivity contribution in [3.8, 4) is 16.9 Å². The first-order valence-corrected chi connectivity index (χ1v) is 13.8. The number of rotatable bonds is 4. The lowest BCUT2D eigenvalue weighted by molar-refractivity contribution is -0.148. The van der Waals surface area contributed by atoms with E-state index in [4.69, 9.17) is 5.73 Å². The monoisotopic (exact) mass is 582 g/mol. The van der Waals surface area contributed by atoms with Crippen molar-refractivity contribution >= 4 is 34.0 Å². The number of nitrogens with zero attached hydrogens (tertiary/aromatic N) is 1. The summed E-state index contributed by atoms with van der Waals surface area (Å²) in [5.74, 6) is -7.08. The van der Waals surface area contributed by atoms with Gasteiger partial charge in [-0.25, -0.2) is 0 Å². The van der Waals surface area contributed by atoms with E-state index in [1.165, 1.54) is 17.9 Å². The number of nitrogens with two attached hydrogens (primary N) is 1. The minimum Gasteiger partial charge on any atom is -0.510 e. The van der Waals surface area contributed by atoms with Crippen LogP contribution in [0.25, 0.3) is 21.9 Å². The van der Waals surface area contributed by atoms with Gasteiger partial charge in [-0.15, -0.1) is 0 Å². The van der Waals surface area contributed by atoms with Gasteiger partial charge in [0.05, 0.1) is 11.6 Å². The van der Waals surface area contributed by atoms with E-state index in [2.05, 4.69) is 0 Å². The van der Waals surface area contributed by atoms with Crippen LogP contribution in [0.2, 0.25) is 0 Å². The molecular formula is C33H30N2O8. The molecule has 3 aliphatic carbocycles. The third-order valence-electron chi connectivity index (χ3n) is 9.20. The van der Waals surface area contributed by atoms with Crippen molar-refractivity contribution in [3.05, 3.63) is 87.9 Å². The van der Waals surface area contributed by atoms with E-state index < -0.39 is 58.0 Å². The molecule has 0 unspecified atom stereocenters. The van der Waals surface area contributed by atoms with Crippen LogP contribution in [-0.4, -0.2) is 74.3 Å². The number of carbonyl (C=O) groups is 4. The second-order valence-corrected chi connectivity index (χ2v) is 11.7. The molecule has 0 saturated heterocycles. The van der Waals surface area contributed by atoms with E-state index in [0.29, 0.717) is 16.7 Å². The number of primary amides is 1. The molecule has 0 bridgehead atoms. The lowest BCUT2D eigenvalue weighted by atomic mass is 9.58. The Kier molecular flexibility index (Phi) is 6.33. The Morgan fingerprint density at radius 3 is 2.23 bits per heavy atom. The molecule has 0 radical (unpaired) electrons. The molecule has 6 N–H and O–H groups in total. The zero-order chi connectivity index (χ0) is 31.1. The van der Waals surface area contributed by atoms with Crippen LogP contribution >= 0.6 is 0 Å². The van der Waals surface area contributed by atoms with Crippen LogP contribution in [0.1, 0.15) is 39.6 Å². The number of aromatic hydroxyl groups is 1. The number of benzene rings is 3. The van der Waals surface area contributed by atoms with Crippen LogP contribution in [0.3, 0.4) is 0 Å². The maximum Gasteiger partial charge on any atom is 0.255 e. The highest BCUT2D eigenvalue weighted by molar-refractivity contribution is 6.25. The van der Waals surface area contributed by atoms with Gasteiger partial charge in [-0.1, -0.05) is 42.5 Å². The molecule has 0 spiro atoms. The van der Waals surface area contributed by atoms with Crippen LogP contribution in [0.15, 0.2) is 71.2 Å². The Morgan fingerprint density at radius 1 is 0.953 bits per heavy atom. The molecule has 6 rings (SSSR count). The van der Waals surface area contributed by atoms with Crippen molar-refractivity contribution in [1.29, 1.82) is 0 Å². The first-order valence-electron chi connectivity index (χ1n) is 13.8. The lowest BCUT2D eigenvalue weighted by Gasteiger charge is -2.50. The number of fused-ring (bicyclic) bond motifs is 4. The van der Waals surface area contributed by atoms with Crippen molar-refractivity contribution in [2.45, 2.75) is 31.4 Å². The Bertz CT molecular complexity index is 1870. The molecule has 3 aliphatic rings. The van der Waals surface area contributed by atoms with Gasteiger partial charge >= 0.3 is 0 Å². The number of Topliss-reactive ketones (excluding diaryl/α,β-unsaturated/α-hetero) is 3. The standard InChI is InChI=1S/C33H30N2O8/c1-14(36)16-8-9-19(18-7-5-4-6-17(16)18)20-10-11-23(37)25-21(20)12-15-13-22-27(35(2)3)29(39)26(32(34)42)31(41)33(22,43)30(40)24(15)28(25)38/h4-11,15,22,27,37,39-40,43H,12-13H2,1-3H3,(H2,34,42)/t15-,22-,27-,33-/m0/s1. The number of hydrogen-bond donors (Lipinski definition) is 5. The molecule has 0 saturated carbocycles. The van der Waals surface area contributed by atoms with Crippen molar-refractivity contribution in [3.63, 3.8) is 0 Å². The number of likely N-dealkylation sites (N-methyl/N-ethyl adjacent to an activating group) is 1. The molecule has 4 atom stereocenters. The summed E-state index contributed by atoms with van der Waals surface area (Å²) in [5, 5.41) is 46.7. The Balaban J connectivity index is 1.57. The van der Waals surface area contributed by atoms with Crippen LogP contribution in [0, 0.1) is 11.8 Å². The van der Waals surface area contributed by atoms with Crippen LogP contribution in [0.4, 0.5) is 0 Å². The third kappa shape index (κ3) is 3.80. The molecule has 3 aromatic rings. The molecule has 0 aromatic heterocycles. The van der Waals surface area contributed by atoms with E-state index in [1.807, 2.05) is 24.3 Å². The average Bonchev–Trinajstić information content (AvgIpc) is 2.94. The Labute approximate surface area is 246 Å². The smallest absolute Gasteiger partial charge is 0.255 e. The summed E-state index contributed by atoms with van der Waals surface area (Å²) >= 11 is 0. The summed E-state index contributed by atoms with van der Waals surface area (Å²) in [6.07, 6.45) is 0.145. The lowest BCUT2D eigenvalue weighted by Crippen LogP contribution is -2.63. The van der Waals surface area contributed by atoms with E-state index in [9.17, 15) is 39.6 Å². The van der Waals surface area contributed by atoms with E-state index >= 15 is 0 Å². The zero-order valence-corrected chi connectivity index (χ0v) is 23.7. The maximum absolute atomic E-state index is 14.1. The molecule has 3 aromatic carbocycles. The van der Waals surface area contributed by atoms with Gasteiger partial charge in [-0.05, 0) is 73.3 Å². The first-order chi connectivity index (χ1) is 20.3. The number of aliphatic hydroxyl groups is 3. The quantitative estimate of drug-likeness (QED) is 0.228. The van der Waals surface area contributed by atoms with Crippen LogP contribution in [-0.2, 0) is 16.0 Å². The van der Waals surface area contributed by atoms with Gasteiger partial charge < -0.3 is 26.2 Å². The minimum atomic E-state index is -2.70. The third-order valence-corrected chi connectivity index (χ3v) is 9.20.